The first-order valence-corrected chi connectivity index (χ1v) is 6.32. The van der Waals surface area contributed by atoms with Crippen LogP contribution in [0, 0.1) is 0 Å². The van der Waals surface area contributed by atoms with Crippen LogP contribution in [-0.2, 0) is 0 Å². The maximum Gasteiger partial charge on any atom is 0.251 e. The Balaban J connectivity index is 2.24. The largest absolute Gasteiger partial charge is 0.355 e. The van der Waals surface area contributed by atoms with E-state index in [4.69, 9.17) is 0 Å². The van der Waals surface area contributed by atoms with Crippen LogP contribution in [0.25, 0.3) is 0 Å². The molecule has 98 valence electrons. The van der Waals surface area contributed by atoms with Crippen molar-refractivity contribution in [2.75, 3.05) is 40.8 Å². The zero-order valence-electron chi connectivity index (χ0n) is 11.3. The quantitative estimate of drug-likeness (QED) is 0.845. The van der Waals surface area contributed by atoms with E-state index in [1.807, 2.05) is 18.2 Å². The molecule has 1 fully saturated rings. The predicted molar refractivity (Wildman–Crippen MR) is 72.7 cm³/mol. The molecule has 0 aliphatic carbocycles. The number of hydrogen-bond acceptors (Lipinski definition) is 3. The Labute approximate surface area is 109 Å². The Hall–Kier alpha value is -1.39. The summed E-state index contributed by atoms with van der Waals surface area (Å²) in [6.07, 6.45) is 0. The fraction of sp³-hybridized carbons (Fsp3) is 0.500. The third kappa shape index (κ3) is 2.71. The summed E-state index contributed by atoms with van der Waals surface area (Å²) in [5, 5.41) is 2.67. The predicted octanol–water partition coefficient (Wildman–Crippen LogP) is 0.964. The van der Waals surface area contributed by atoms with Crippen molar-refractivity contribution in [1.29, 1.82) is 0 Å². The van der Waals surface area contributed by atoms with Gasteiger partial charge >= 0.3 is 0 Å². The summed E-state index contributed by atoms with van der Waals surface area (Å²) >= 11 is 0. The third-order valence-corrected chi connectivity index (χ3v) is 3.61. The minimum atomic E-state index is -0.0244. The van der Waals surface area contributed by atoms with E-state index >= 15 is 0 Å². The SMILES string of the molecule is CNC(=O)c1cccc(C2CN(C)CCN2C)c1. The second-order valence-corrected chi connectivity index (χ2v) is 4.96. The Kier molecular flexibility index (Phi) is 3.99. The molecular weight excluding hydrogens is 226 g/mol. The van der Waals surface area contributed by atoms with Crippen molar-refractivity contribution in [2.24, 2.45) is 0 Å². The highest BCUT2D eigenvalue weighted by molar-refractivity contribution is 5.94. The summed E-state index contributed by atoms with van der Waals surface area (Å²) < 4.78 is 0. The van der Waals surface area contributed by atoms with Gasteiger partial charge < -0.3 is 10.2 Å². The van der Waals surface area contributed by atoms with Gasteiger partial charge in [-0.25, -0.2) is 0 Å². The molecule has 1 amide bonds. The summed E-state index contributed by atoms with van der Waals surface area (Å²) in [7, 11) is 5.95. The molecule has 1 heterocycles. The lowest BCUT2D eigenvalue weighted by Crippen LogP contribution is -2.44. The fourth-order valence-corrected chi connectivity index (χ4v) is 2.40. The molecule has 0 bridgehead atoms. The number of nitrogens with zero attached hydrogens (tertiary/aromatic N) is 2. The van der Waals surface area contributed by atoms with Crippen molar-refractivity contribution in [3.05, 3.63) is 35.4 Å². The molecule has 4 heteroatoms. The molecule has 1 saturated heterocycles. The summed E-state index contributed by atoms with van der Waals surface area (Å²) in [6, 6.07) is 8.29. The Morgan fingerprint density at radius 3 is 2.83 bits per heavy atom. The Bertz CT molecular complexity index is 433. The van der Waals surface area contributed by atoms with Crippen LogP contribution in [0.4, 0.5) is 0 Å². The molecule has 1 N–H and O–H groups in total. The summed E-state index contributed by atoms with van der Waals surface area (Å²) in [4.78, 5) is 16.3. The number of amides is 1. The molecule has 2 rings (SSSR count). The molecule has 1 aromatic rings. The van der Waals surface area contributed by atoms with Crippen LogP contribution in [-0.4, -0.2) is 56.5 Å². The lowest BCUT2D eigenvalue weighted by Gasteiger charge is -2.38. The van der Waals surface area contributed by atoms with E-state index in [2.05, 4.69) is 35.3 Å². The lowest BCUT2D eigenvalue weighted by atomic mass is 10.0. The maximum absolute atomic E-state index is 11.7. The number of nitrogens with one attached hydrogen (secondary N) is 1. The number of benzene rings is 1. The highest BCUT2D eigenvalue weighted by atomic mass is 16.1. The van der Waals surface area contributed by atoms with Crippen molar-refractivity contribution in [1.82, 2.24) is 15.1 Å². The van der Waals surface area contributed by atoms with Crippen LogP contribution in [0.5, 0.6) is 0 Å². The summed E-state index contributed by atoms with van der Waals surface area (Å²) in [6.45, 7) is 3.17. The topological polar surface area (TPSA) is 35.6 Å². The fourth-order valence-electron chi connectivity index (χ4n) is 2.40. The summed E-state index contributed by atoms with van der Waals surface area (Å²) in [5.74, 6) is -0.0244. The zero-order valence-corrected chi connectivity index (χ0v) is 11.3. The molecule has 0 radical (unpaired) electrons. The van der Waals surface area contributed by atoms with Gasteiger partial charge in [-0.3, -0.25) is 9.69 Å². The van der Waals surface area contributed by atoms with Gasteiger partial charge in [-0.15, -0.1) is 0 Å². The minimum Gasteiger partial charge on any atom is -0.355 e. The molecule has 1 atom stereocenters. The zero-order chi connectivity index (χ0) is 13.1. The monoisotopic (exact) mass is 247 g/mol. The molecule has 0 aromatic heterocycles. The number of carbonyl (C=O) groups excluding carboxylic acids is 1. The van der Waals surface area contributed by atoms with E-state index in [1.165, 1.54) is 5.56 Å². The highest BCUT2D eigenvalue weighted by Crippen LogP contribution is 2.24. The van der Waals surface area contributed by atoms with Gasteiger partial charge in [-0.1, -0.05) is 12.1 Å². The van der Waals surface area contributed by atoms with Gasteiger partial charge in [0.1, 0.15) is 0 Å². The van der Waals surface area contributed by atoms with E-state index in [0.717, 1.165) is 25.2 Å². The number of carbonyl (C=O) groups is 1. The van der Waals surface area contributed by atoms with Crippen LogP contribution in [0.15, 0.2) is 24.3 Å². The lowest BCUT2D eigenvalue weighted by molar-refractivity contribution is 0.0961. The van der Waals surface area contributed by atoms with Crippen molar-refractivity contribution >= 4 is 5.91 Å². The first-order chi connectivity index (χ1) is 8.61. The summed E-state index contributed by atoms with van der Waals surface area (Å²) in [5.41, 5.74) is 1.95. The molecule has 1 aliphatic heterocycles. The van der Waals surface area contributed by atoms with Crippen LogP contribution < -0.4 is 5.32 Å². The van der Waals surface area contributed by atoms with E-state index in [-0.39, 0.29) is 5.91 Å². The van der Waals surface area contributed by atoms with Crippen LogP contribution >= 0.6 is 0 Å². The van der Waals surface area contributed by atoms with Gasteiger partial charge in [0.15, 0.2) is 0 Å². The van der Waals surface area contributed by atoms with Crippen LogP contribution in [0.1, 0.15) is 22.0 Å². The van der Waals surface area contributed by atoms with Gasteiger partial charge in [-0.05, 0) is 31.8 Å². The standard InChI is InChI=1S/C14H21N3O/c1-15-14(18)12-6-4-5-11(9-12)13-10-16(2)7-8-17(13)3/h4-6,9,13H,7-8,10H2,1-3H3,(H,15,18). The van der Waals surface area contributed by atoms with Crippen molar-refractivity contribution < 1.29 is 4.79 Å². The minimum absolute atomic E-state index is 0.0244. The van der Waals surface area contributed by atoms with E-state index in [0.29, 0.717) is 6.04 Å². The molecule has 1 unspecified atom stereocenters. The molecule has 1 aliphatic rings. The molecule has 0 spiro atoms. The average Bonchev–Trinajstić information content (AvgIpc) is 2.40. The molecule has 4 nitrogen and oxygen atoms in total. The number of rotatable bonds is 2. The van der Waals surface area contributed by atoms with Gasteiger partial charge in [0, 0.05) is 38.3 Å². The Morgan fingerprint density at radius 1 is 1.33 bits per heavy atom. The highest BCUT2D eigenvalue weighted by Gasteiger charge is 2.23. The van der Waals surface area contributed by atoms with Crippen LogP contribution in [0.2, 0.25) is 0 Å². The second-order valence-electron chi connectivity index (χ2n) is 4.96. The third-order valence-electron chi connectivity index (χ3n) is 3.61. The van der Waals surface area contributed by atoms with Crippen molar-refractivity contribution in [2.45, 2.75) is 6.04 Å². The van der Waals surface area contributed by atoms with Crippen molar-refractivity contribution in [3.63, 3.8) is 0 Å². The normalized spacial score (nSPS) is 21.8. The smallest absolute Gasteiger partial charge is 0.251 e. The Morgan fingerprint density at radius 2 is 2.11 bits per heavy atom. The molecule has 0 saturated carbocycles. The van der Waals surface area contributed by atoms with Gasteiger partial charge in [-0.2, -0.15) is 0 Å². The first kappa shape index (κ1) is 13.1. The number of likely N-dealkylation sites (N-methyl/N-ethyl adjacent to an activating group) is 2. The number of hydrogen-bond donors (Lipinski definition) is 1. The van der Waals surface area contributed by atoms with E-state index < -0.39 is 0 Å². The number of piperazine rings is 1. The molecular formula is C14H21N3O. The van der Waals surface area contributed by atoms with E-state index in [1.54, 1.807) is 7.05 Å². The van der Waals surface area contributed by atoms with Gasteiger partial charge in [0.25, 0.3) is 5.91 Å². The first-order valence-electron chi connectivity index (χ1n) is 6.32. The van der Waals surface area contributed by atoms with Crippen LogP contribution in [0.3, 0.4) is 0 Å². The van der Waals surface area contributed by atoms with Gasteiger partial charge in [0.05, 0.1) is 0 Å². The second kappa shape index (κ2) is 5.50. The average molecular weight is 247 g/mol. The maximum atomic E-state index is 11.7. The van der Waals surface area contributed by atoms with Gasteiger partial charge in [0.2, 0.25) is 0 Å². The van der Waals surface area contributed by atoms with Crippen molar-refractivity contribution in [3.8, 4) is 0 Å². The molecule has 1 aromatic carbocycles. The molecule has 18 heavy (non-hydrogen) atoms. The van der Waals surface area contributed by atoms with E-state index in [9.17, 15) is 4.79 Å².